The van der Waals surface area contributed by atoms with Gasteiger partial charge in [-0.15, -0.1) is 0 Å². The SMILES string of the molecule is O=CN(CCN1C(=O)C(c2ccccc2)=CC1(O)c1ccccc1)c1cccc(C(F)(F)F)c1. The van der Waals surface area contributed by atoms with Gasteiger partial charge in [-0.2, -0.15) is 13.2 Å². The maximum absolute atomic E-state index is 13.4. The summed E-state index contributed by atoms with van der Waals surface area (Å²) in [5, 5.41) is 11.6. The Morgan fingerprint density at radius 1 is 0.941 bits per heavy atom. The Kier molecular flexibility index (Phi) is 6.26. The van der Waals surface area contributed by atoms with Gasteiger partial charge in [0.25, 0.3) is 5.91 Å². The molecule has 1 aliphatic rings. The van der Waals surface area contributed by atoms with Crippen molar-refractivity contribution in [3.63, 3.8) is 0 Å². The summed E-state index contributed by atoms with van der Waals surface area (Å²) in [6.07, 6.45) is -2.68. The number of carbonyl (C=O) groups is 2. The number of aliphatic hydroxyl groups is 1. The summed E-state index contributed by atoms with van der Waals surface area (Å²) >= 11 is 0. The molecule has 0 saturated heterocycles. The Morgan fingerprint density at radius 3 is 2.21 bits per heavy atom. The van der Waals surface area contributed by atoms with Crippen LogP contribution in [0.5, 0.6) is 0 Å². The molecule has 8 heteroatoms. The predicted octanol–water partition coefficient (Wildman–Crippen LogP) is 4.44. The Morgan fingerprint density at radius 2 is 1.59 bits per heavy atom. The first-order chi connectivity index (χ1) is 16.2. The highest BCUT2D eigenvalue weighted by molar-refractivity contribution is 6.22. The van der Waals surface area contributed by atoms with Crippen LogP contribution in [-0.2, 0) is 21.5 Å². The van der Waals surface area contributed by atoms with Gasteiger partial charge in [0.05, 0.1) is 5.56 Å². The average molecular weight is 466 g/mol. The van der Waals surface area contributed by atoms with Crippen LogP contribution in [0, 0.1) is 0 Å². The van der Waals surface area contributed by atoms with Crippen LogP contribution in [0.25, 0.3) is 5.57 Å². The fraction of sp³-hybridized carbons (Fsp3) is 0.154. The van der Waals surface area contributed by atoms with E-state index in [0.29, 0.717) is 23.1 Å². The first-order valence-corrected chi connectivity index (χ1v) is 10.5. The van der Waals surface area contributed by atoms with Gasteiger partial charge in [-0.25, -0.2) is 0 Å². The summed E-state index contributed by atoms with van der Waals surface area (Å²) in [6.45, 7) is -0.242. The number of hydrogen-bond donors (Lipinski definition) is 1. The molecule has 1 unspecified atom stereocenters. The molecule has 1 atom stereocenters. The first-order valence-electron chi connectivity index (χ1n) is 10.5. The molecule has 34 heavy (non-hydrogen) atoms. The molecular formula is C26H21F3N2O3. The van der Waals surface area contributed by atoms with Crippen molar-refractivity contribution in [2.75, 3.05) is 18.0 Å². The summed E-state index contributed by atoms with van der Waals surface area (Å²) < 4.78 is 39.3. The smallest absolute Gasteiger partial charge is 0.363 e. The lowest BCUT2D eigenvalue weighted by atomic mass is 10.0. The van der Waals surface area contributed by atoms with Gasteiger partial charge in [0.15, 0.2) is 5.72 Å². The average Bonchev–Trinajstić information content (AvgIpc) is 3.11. The fourth-order valence-electron chi connectivity index (χ4n) is 3.97. The van der Waals surface area contributed by atoms with Crippen molar-refractivity contribution >= 4 is 23.6 Å². The Balaban J connectivity index is 1.64. The lowest BCUT2D eigenvalue weighted by Crippen LogP contribution is -2.47. The van der Waals surface area contributed by atoms with Crippen molar-refractivity contribution in [2.24, 2.45) is 0 Å². The Labute approximate surface area is 194 Å². The van der Waals surface area contributed by atoms with Crippen LogP contribution >= 0.6 is 0 Å². The van der Waals surface area contributed by atoms with Gasteiger partial charge in [-0.1, -0.05) is 66.7 Å². The minimum atomic E-state index is -4.56. The fourth-order valence-corrected chi connectivity index (χ4v) is 3.97. The highest BCUT2D eigenvalue weighted by atomic mass is 19.4. The van der Waals surface area contributed by atoms with Crippen molar-refractivity contribution in [3.8, 4) is 0 Å². The summed E-state index contributed by atoms with van der Waals surface area (Å²) in [5.41, 5.74) is -1.27. The van der Waals surface area contributed by atoms with E-state index in [-0.39, 0.29) is 18.8 Å². The molecule has 0 saturated carbocycles. The summed E-state index contributed by atoms with van der Waals surface area (Å²) in [6, 6.07) is 21.8. The molecule has 0 spiro atoms. The predicted molar refractivity (Wildman–Crippen MR) is 121 cm³/mol. The third kappa shape index (κ3) is 4.45. The summed E-state index contributed by atoms with van der Waals surface area (Å²) in [4.78, 5) is 27.4. The molecule has 1 N–H and O–H groups in total. The van der Waals surface area contributed by atoms with Gasteiger partial charge >= 0.3 is 6.18 Å². The number of rotatable bonds is 7. The van der Waals surface area contributed by atoms with Crippen LogP contribution in [0.4, 0.5) is 18.9 Å². The van der Waals surface area contributed by atoms with E-state index in [9.17, 15) is 27.9 Å². The van der Waals surface area contributed by atoms with Crippen molar-refractivity contribution in [1.82, 2.24) is 4.90 Å². The third-order valence-corrected chi connectivity index (χ3v) is 5.71. The van der Waals surface area contributed by atoms with Crippen molar-refractivity contribution in [3.05, 3.63) is 108 Å². The summed E-state index contributed by atoms with van der Waals surface area (Å²) in [5.74, 6) is -0.451. The van der Waals surface area contributed by atoms with E-state index in [1.165, 1.54) is 23.1 Å². The number of benzene rings is 3. The highest BCUT2D eigenvalue weighted by Crippen LogP contribution is 2.39. The van der Waals surface area contributed by atoms with Gasteiger partial charge < -0.3 is 14.9 Å². The van der Waals surface area contributed by atoms with Gasteiger partial charge in [0.1, 0.15) is 0 Å². The van der Waals surface area contributed by atoms with E-state index in [1.54, 1.807) is 54.6 Å². The number of hydrogen-bond acceptors (Lipinski definition) is 3. The van der Waals surface area contributed by atoms with E-state index in [0.717, 1.165) is 17.0 Å². The van der Waals surface area contributed by atoms with Crippen molar-refractivity contribution < 1.29 is 27.9 Å². The Hall–Kier alpha value is -3.91. The molecule has 1 heterocycles. The third-order valence-electron chi connectivity index (χ3n) is 5.71. The molecule has 2 amide bonds. The summed E-state index contributed by atoms with van der Waals surface area (Å²) in [7, 11) is 0. The van der Waals surface area contributed by atoms with Crippen LogP contribution in [0.2, 0.25) is 0 Å². The lowest BCUT2D eigenvalue weighted by molar-refractivity contribution is -0.142. The Bertz CT molecular complexity index is 1210. The van der Waals surface area contributed by atoms with E-state index in [4.69, 9.17) is 0 Å². The number of amides is 2. The van der Waals surface area contributed by atoms with Crippen LogP contribution < -0.4 is 4.90 Å². The maximum Gasteiger partial charge on any atom is 0.416 e. The monoisotopic (exact) mass is 466 g/mol. The topological polar surface area (TPSA) is 60.9 Å². The number of nitrogens with zero attached hydrogens (tertiary/aromatic N) is 2. The molecule has 0 bridgehead atoms. The van der Waals surface area contributed by atoms with Crippen LogP contribution in [0.3, 0.4) is 0 Å². The minimum Gasteiger partial charge on any atom is -0.363 e. The second-order valence-corrected chi connectivity index (χ2v) is 7.82. The second-order valence-electron chi connectivity index (χ2n) is 7.82. The van der Waals surface area contributed by atoms with Crippen molar-refractivity contribution in [1.29, 1.82) is 0 Å². The normalized spacial score (nSPS) is 18.1. The van der Waals surface area contributed by atoms with Crippen LogP contribution in [0.1, 0.15) is 16.7 Å². The van der Waals surface area contributed by atoms with Gasteiger partial charge in [0.2, 0.25) is 6.41 Å². The largest absolute Gasteiger partial charge is 0.416 e. The van der Waals surface area contributed by atoms with E-state index in [2.05, 4.69) is 0 Å². The van der Waals surface area contributed by atoms with Crippen LogP contribution in [0.15, 0.2) is 91.0 Å². The zero-order chi connectivity index (χ0) is 24.3. The number of anilines is 1. The lowest BCUT2D eigenvalue weighted by Gasteiger charge is -2.34. The zero-order valence-corrected chi connectivity index (χ0v) is 17.9. The molecule has 174 valence electrons. The molecule has 3 aromatic rings. The number of alkyl halides is 3. The van der Waals surface area contributed by atoms with Crippen molar-refractivity contribution in [2.45, 2.75) is 11.9 Å². The molecule has 1 aliphatic heterocycles. The number of carbonyl (C=O) groups excluding carboxylic acids is 2. The quantitative estimate of drug-likeness (QED) is 0.524. The molecule has 0 fully saturated rings. The van der Waals surface area contributed by atoms with E-state index < -0.39 is 23.4 Å². The zero-order valence-electron chi connectivity index (χ0n) is 17.9. The standard InChI is InChI=1S/C26H21F3N2O3/c27-26(28,29)21-12-7-13-22(16-21)30(18-32)14-15-31-24(33)23(19-8-3-1-4-9-19)17-25(31,34)20-10-5-2-6-11-20/h1-13,16-18,34H,14-15H2. The molecular weight excluding hydrogens is 445 g/mol. The molecule has 4 rings (SSSR count). The molecule has 5 nitrogen and oxygen atoms in total. The minimum absolute atomic E-state index is 0.0379. The molecule has 0 aromatic heterocycles. The molecule has 0 aliphatic carbocycles. The van der Waals surface area contributed by atoms with Gasteiger partial charge in [-0.05, 0) is 29.8 Å². The molecule has 0 radical (unpaired) electrons. The van der Waals surface area contributed by atoms with Crippen LogP contribution in [-0.4, -0.2) is 35.4 Å². The number of halogens is 3. The highest BCUT2D eigenvalue weighted by Gasteiger charge is 2.45. The first kappa shape index (κ1) is 23.3. The van der Waals surface area contributed by atoms with E-state index >= 15 is 0 Å². The van der Waals surface area contributed by atoms with Gasteiger partial charge in [-0.3, -0.25) is 9.59 Å². The van der Waals surface area contributed by atoms with Gasteiger partial charge in [0, 0.05) is 29.9 Å². The molecule has 3 aromatic carbocycles. The second kappa shape index (κ2) is 9.15. The maximum atomic E-state index is 13.4. The van der Waals surface area contributed by atoms with E-state index in [1.807, 2.05) is 6.07 Å².